The molecule has 0 saturated carbocycles. The lowest BCUT2D eigenvalue weighted by atomic mass is 10.2. The van der Waals surface area contributed by atoms with Gasteiger partial charge in [-0.05, 0) is 37.1 Å². The van der Waals surface area contributed by atoms with E-state index < -0.39 is 0 Å². The fourth-order valence-corrected chi connectivity index (χ4v) is 3.61. The Labute approximate surface area is 133 Å². The molecule has 4 heteroatoms. The Morgan fingerprint density at radius 2 is 1.86 bits per heavy atom. The maximum Gasteiger partial charge on any atom is 0.281 e. The first-order chi connectivity index (χ1) is 10.7. The van der Waals surface area contributed by atoms with Gasteiger partial charge in [-0.3, -0.25) is 4.79 Å². The molecule has 0 atom stereocenters. The topological polar surface area (TPSA) is 33.2 Å². The van der Waals surface area contributed by atoms with E-state index in [0.717, 1.165) is 34.0 Å². The second kappa shape index (κ2) is 6.28. The minimum atomic E-state index is -0.149. The molecular formula is C18H18N2OS. The van der Waals surface area contributed by atoms with Gasteiger partial charge in [-0.1, -0.05) is 48.6 Å². The van der Waals surface area contributed by atoms with Crippen LogP contribution in [-0.2, 0) is 0 Å². The lowest BCUT2D eigenvalue weighted by Crippen LogP contribution is -2.21. The minimum Gasteiger partial charge on any atom is -0.318 e. The van der Waals surface area contributed by atoms with Crippen molar-refractivity contribution in [2.75, 3.05) is 11.4 Å². The highest BCUT2D eigenvalue weighted by molar-refractivity contribution is 7.22. The van der Waals surface area contributed by atoms with Gasteiger partial charge in [-0.15, -0.1) is 0 Å². The molecule has 0 saturated heterocycles. The highest BCUT2D eigenvalue weighted by Crippen LogP contribution is 2.31. The van der Waals surface area contributed by atoms with Crippen LogP contribution in [0.3, 0.4) is 0 Å². The lowest BCUT2D eigenvalue weighted by molar-refractivity contribution is 0.878. The van der Waals surface area contributed by atoms with Crippen molar-refractivity contribution in [1.29, 1.82) is 0 Å². The monoisotopic (exact) mass is 310 g/mol. The van der Waals surface area contributed by atoms with Crippen LogP contribution in [0.4, 0.5) is 10.8 Å². The summed E-state index contributed by atoms with van der Waals surface area (Å²) >= 11 is 1.59. The molecule has 0 radical (unpaired) electrons. The van der Waals surface area contributed by atoms with E-state index in [1.807, 2.05) is 43.3 Å². The van der Waals surface area contributed by atoms with Gasteiger partial charge >= 0.3 is 0 Å². The molecule has 0 bridgehead atoms. The summed E-state index contributed by atoms with van der Waals surface area (Å²) in [6.07, 6.45) is 0.989. The van der Waals surface area contributed by atoms with Gasteiger partial charge in [0, 0.05) is 16.9 Å². The number of aryl methyl sites for hydroxylation is 1. The molecule has 3 aromatic rings. The van der Waals surface area contributed by atoms with E-state index in [9.17, 15) is 4.79 Å². The molecule has 1 aromatic heterocycles. The predicted octanol–water partition coefficient (Wildman–Crippen LogP) is 4.51. The summed E-state index contributed by atoms with van der Waals surface area (Å²) in [4.78, 5) is 18.8. The van der Waals surface area contributed by atoms with Gasteiger partial charge < -0.3 is 4.90 Å². The first-order valence-corrected chi connectivity index (χ1v) is 8.25. The van der Waals surface area contributed by atoms with Crippen LogP contribution in [0.25, 0.3) is 10.1 Å². The fraction of sp³-hybridized carbons (Fsp3) is 0.222. The maximum absolute atomic E-state index is 12.4. The Morgan fingerprint density at radius 1 is 1.09 bits per heavy atom. The number of fused-ring (bicyclic) bond motifs is 1. The summed E-state index contributed by atoms with van der Waals surface area (Å²) in [6, 6.07) is 15.9. The summed E-state index contributed by atoms with van der Waals surface area (Å²) in [5, 5.41) is 1.47. The molecule has 0 N–H and O–H groups in total. The number of benzene rings is 2. The van der Waals surface area contributed by atoms with Gasteiger partial charge in [-0.2, -0.15) is 4.98 Å². The van der Waals surface area contributed by atoms with Crippen molar-refractivity contribution in [3.05, 3.63) is 64.4 Å². The summed E-state index contributed by atoms with van der Waals surface area (Å²) < 4.78 is 1.02. The SMILES string of the molecule is CCCN(c1ccccc1)c1nc(=O)c2cccc(C)c2s1. The van der Waals surface area contributed by atoms with Gasteiger partial charge in [0.1, 0.15) is 0 Å². The molecule has 0 fully saturated rings. The molecule has 0 aliphatic rings. The molecule has 2 aromatic carbocycles. The van der Waals surface area contributed by atoms with E-state index in [-0.39, 0.29) is 5.56 Å². The molecule has 0 amide bonds. The van der Waals surface area contributed by atoms with E-state index in [2.05, 4.69) is 28.9 Å². The van der Waals surface area contributed by atoms with Crippen molar-refractivity contribution in [3.63, 3.8) is 0 Å². The zero-order valence-corrected chi connectivity index (χ0v) is 13.6. The van der Waals surface area contributed by atoms with Gasteiger partial charge in [0.25, 0.3) is 5.56 Å². The van der Waals surface area contributed by atoms with Gasteiger partial charge in [-0.25, -0.2) is 0 Å². The molecule has 0 spiro atoms. The second-order valence-corrected chi connectivity index (χ2v) is 6.22. The summed E-state index contributed by atoms with van der Waals surface area (Å²) in [5.74, 6) is 0. The average Bonchev–Trinajstić information content (AvgIpc) is 2.54. The Bertz CT molecular complexity index is 843. The third-order valence-corrected chi connectivity index (χ3v) is 4.82. The third kappa shape index (κ3) is 2.74. The third-order valence-electron chi connectivity index (χ3n) is 3.58. The van der Waals surface area contributed by atoms with E-state index >= 15 is 0 Å². The molecule has 0 aliphatic heterocycles. The number of aromatic nitrogens is 1. The standard InChI is InChI=1S/C18H18N2OS/c1-3-12-20(14-9-5-4-6-10-14)18-19-17(21)15-11-7-8-13(2)16(15)22-18/h4-11H,3,12H2,1-2H3. The zero-order valence-electron chi connectivity index (χ0n) is 12.7. The summed E-state index contributed by atoms with van der Waals surface area (Å²) in [6.45, 7) is 5.00. The van der Waals surface area contributed by atoms with Crippen molar-refractivity contribution < 1.29 is 0 Å². The van der Waals surface area contributed by atoms with Crippen LogP contribution in [0.2, 0.25) is 0 Å². The quantitative estimate of drug-likeness (QED) is 0.710. The first-order valence-electron chi connectivity index (χ1n) is 7.43. The number of rotatable bonds is 4. The van der Waals surface area contributed by atoms with Crippen LogP contribution in [0.15, 0.2) is 53.3 Å². The van der Waals surface area contributed by atoms with E-state index in [4.69, 9.17) is 0 Å². The fourth-order valence-electron chi connectivity index (χ4n) is 2.50. The molecule has 1 heterocycles. The van der Waals surface area contributed by atoms with Crippen LogP contribution in [0, 0.1) is 6.92 Å². The molecule has 22 heavy (non-hydrogen) atoms. The maximum atomic E-state index is 12.4. The first kappa shape index (κ1) is 14.7. The Kier molecular flexibility index (Phi) is 4.20. The van der Waals surface area contributed by atoms with Crippen LogP contribution >= 0.6 is 11.3 Å². The summed E-state index contributed by atoms with van der Waals surface area (Å²) in [7, 11) is 0. The molecule has 3 rings (SSSR count). The molecule has 112 valence electrons. The van der Waals surface area contributed by atoms with Crippen LogP contribution < -0.4 is 10.5 Å². The van der Waals surface area contributed by atoms with Crippen molar-refractivity contribution in [2.24, 2.45) is 0 Å². The van der Waals surface area contributed by atoms with Gasteiger partial charge in [0.15, 0.2) is 5.13 Å². The minimum absolute atomic E-state index is 0.149. The van der Waals surface area contributed by atoms with E-state index in [1.54, 1.807) is 11.3 Å². The van der Waals surface area contributed by atoms with Crippen LogP contribution in [0.5, 0.6) is 0 Å². The average molecular weight is 310 g/mol. The largest absolute Gasteiger partial charge is 0.318 e. The van der Waals surface area contributed by atoms with Crippen molar-refractivity contribution in [2.45, 2.75) is 20.3 Å². The molecule has 0 aliphatic carbocycles. The smallest absolute Gasteiger partial charge is 0.281 e. The Hall–Kier alpha value is -2.20. The highest BCUT2D eigenvalue weighted by atomic mass is 32.1. The Morgan fingerprint density at radius 3 is 2.59 bits per heavy atom. The van der Waals surface area contributed by atoms with Crippen LogP contribution in [0.1, 0.15) is 18.9 Å². The molecule has 0 unspecified atom stereocenters. The number of hydrogen-bond acceptors (Lipinski definition) is 4. The Balaban J connectivity index is 2.18. The normalized spacial score (nSPS) is 10.8. The summed E-state index contributed by atoms with van der Waals surface area (Å²) in [5.41, 5.74) is 2.04. The molecular weight excluding hydrogens is 292 g/mol. The van der Waals surface area contributed by atoms with Gasteiger partial charge in [0.2, 0.25) is 0 Å². The lowest BCUT2D eigenvalue weighted by Gasteiger charge is -2.22. The number of hydrogen-bond donors (Lipinski definition) is 0. The van der Waals surface area contributed by atoms with Crippen molar-refractivity contribution in [3.8, 4) is 0 Å². The number of nitrogens with zero attached hydrogens (tertiary/aromatic N) is 2. The van der Waals surface area contributed by atoms with Gasteiger partial charge in [0.05, 0.1) is 5.39 Å². The number of para-hydroxylation sites is 1. The highest BCUT2D eigenvalue weighted by Gasteiger charge is 2.14. The van der Waals surface area contributed by atoms with Crippen LogP contribution in [-0.4, -0.2) is 11.5 Å². The predicted molar refractivity (Wildman–Crippen MR) is 94.4 cm³/mol. The van der Waals surface area contributed by atoms with Crippen molar-refractivity contribution >= 4 is 32.2 Å². The van der Waals surface area contributed by atoms with E-state index in [1.165, 1.54) is 0 Å². The second-order valence-electron chi connectivity index (χ2n) is 5.24. The zero-order chi connectivity index (χ0) is 15.5. The van der Waals surface area contributed by atoms with E-state index in [0.29, 0.717) is 5.39 Å². The molecule has 3 nitrogen and oxygen atoms in total. The van der Waals surface area contributed by atoms with Crippen molar-refractivity contribution in [1.82, 2.24) is 4.98 Å². The number of anilines is 2.